The van der Waals surface area contributed by atoms with Gasteiger partial charge in [0.05, 0.1) is 16.3 Å². The van der Waals surface area contributed by atoms with Crippen molar-refractivity contribution in [2.75, 3.05) is 19.0 Å². The summed E-state index contributed by atoms with van der Waals surface area (Å²) < 4.78 is 2.00. The summed E-state index contributed by atoms with van der Waals surface area (Å²) >= 11 is 19.0. The van der Waals surface area contributed by atoms with Crippen LogP contribution in [0.3, 0.4) is 0 Å². The molecule has 1 fully saturated rings. The molecule has 2 aromatic heterocycles. The van der Waals surface area contributed by atoms with E-state index in [1.165, 1.54) is 36.1 Å². The van der Waals surface area contributed by atoms with Crippen molar-refractivity contribution >= 4 is 78.5 Å². The third kappa shape index (κ3) is 4.96. The highest BCUT2D eigenvalue weighted by molar-refractivity contribution is 9.10. The lowest BCUT2D eigenvalue weighted by atomic mass is 10.1. The van der Waals surface area contributed by atoms with E-state index in [0.29, 0.717) is 9.08 Å². The van der Waals surface area contributed by atoms with Gasteiger partial charge in [0.15, 0.2) is 5.82 Å². The number of hydroxylamine groups is 2. The number of rotatable bonds is 5. The third-order valence-electron chi connectivity index (χ3n) is 4.74. The van der Waals surface area contributed by atoms with Crippen LogP contribution in [-0.2, 0) is 9.63 Å². The predicted molar refractivity (Wildman–Crippen MR) is 131 cm³/mol. The third-order valence-corrected chi connectivity index (χ3v) is 6.26. The summed E-state index contributed by atoms with van der Waals surface area (Å²) in [6.07, 6.45) is 1.52. The molecule has 1 aromatic carbocycles. The molecule has 0 bridgehead atoms. The van der Waals surface area contributed by atoms with Crippen LogP contribution in [0.5, 0.6) is 0 Å². The van der Waals surface area contributed by atoms with Crippen LogP contribution in [0.15, 0.2) is 45.6 Å². The van der Waals surface area contributed by atoms with Crippen molar-refractivity contribution in [3.05, 3.63) is 66.9 Å². The topological polar surface area (TPSA) is 118 Å². The first-order chi connectivity index (χ1) is 16.2. The predicted octanol–water partition coefficient (Wildman–Crippen LogP) is 3.85. The average Bonchev–Trinajstić information content (AvgIpc) is 3.32. The lowest BCUT2D eigenvalue weighted by Gasteiger charge is -2.16. The molecule has 0 spiro atoms. The summed E-state index contributed by atoms with van der Waals surface area (Å²) in [6.45, 7) is -0.0114. The van der Waals surface area contributed by atoms with Crippen LogP contribution in [0.25, 0.3) is 5.82 Å². The highest BCUT2D eigenvalue weighted by Crippen LogP contribution is 2.32. The fraction of sp³-hybridized carbons (Fsp3) is 0.150. The van der Waals surface area contributed by atoms with Crippen molar-refractivity contribution in [3.8, 4) is 5.82 Å². The molecule has 34 heavy (non-hydrogen) atoms. The van der Waals surface area contributed by atoms with E-state index < -0.39 is 23.8 Å². The monoisotopic (exact) mass is 630 g/mol. The summed E-state index contributed by atoms with van der Waals surface area (Å²) in [5.74, 6) is -1.38. The van der Waals surface area contributed by atoms with Gasteiger partial charge >= 0.3 is 0 Å². The first-order valence-electron chi connectivity index (χ1n) is 9.54. The number of aromatic nitrogens is 3. The van der Waals surface area contributed by atoms with E-state index in [-0.39, 0.29) is 39.4 Å². The molecule has 3 heterocycles. The maximum Gasteiger partial charge on any atom is 0.274 e. The van der Waals surface area contributed by atoms with Gasteiger partial charge < -0.3 is 10.6 Å². The second-order valence-corrected chi connectivity index (χ2v) is 9.51. The molecule has 3 aromatic rings. The van der Waals surface area contributed by atoms with E-state index in [0.717, 1.165) is 5.06 Å². The molecule has 14 heteroatoms. The van der Waals surface area contributed by atoms with E-state index in [9.17, 15) is 14.4 Å². The molecule has 1 aliphatic heterocycles. The Morgan fingerprint density at radius 2 is 1.97 bits per heavy atom. The molecule has 1 atom stereocenters. The number of halogens is 4. The van der Waals surface area contributed by atoms with Crippen LogP contribution in [0.2, 0.25) is 10.0 Å². The van der Waals surface area contributed by atoms with Gasteiger partial charge in [-0.15, -0.1) is 0 Å². The maximum absolute atomic E-state index is 13.3. The van der Waals surface area contributed by atoms with Gasteiger partial charge in [-0.3, -0.25) is 19.2 Å². The second kappa shape index (κ2) is 10.0. The number of nitrogens with one attached hydrogen (secondary N) is 2. The van der Waals surface area contributed by atoms with Gasteiger partial charge in [-0.05, 0) is 56.1 Å². The van der Waals surface area contributed by atoms with Crippen molar-refractivity contribution in [1.82, 2.24) is 25.1 Å². The molecule has 1 aliphatic rings. The zero-order chi connectivity index (χ0) is 24.6. The summed E-state index contributed by atoms with van der Waals surface area (Å²) in [6, 6.07) is 6.78. The first kappa shape index (κ1) is 24.6. The zero-order valence-corrected chi connectivity index (χ0v) is 21.9. The molecule has 10 nitrogen and oxygen atoms in total. The Labute approximate surface area is 219 Å². The molecule has 2 N–H and O–H groups in total. The number of anilines is 1. The van der Waals surface area contributed by atoms with Crippen LogP contribution in [-0.4, -0.2) is 57.2 Å². The van der Waals surface area contributed by atoms with Crippen LogP contribution >= 0.6 is 55.1 Å². The van der Waals surface area contributed by atoms with Gasteiger partial charge in [0.2, 0.25) is 0 Å². The Kier molecular flexibility index (Phi) is 7.24. The Morgan fingerprint density at radius 3 is 2.65 bits per heavy atom. The number of nitrogens with zero attached hydrogens (tertiary/aromatic N) is 4. The number of hydrogen-bond acceptors (Lipinski definition) is 6. The molecule has 4 rings (SSSR count). The Morgan fingerprint density at radius 1 is 1.21 bits per heavy atom. The molecule has 176 valence electrons. The van der Waals surface area contributed by atoms with Crippen molar-refractivity contribution in [2.24, 2.45) is 0 Å². The number of benzene rings is 1. The Hall–Kier alpha value is -2.51. The molecule has 0 aliphatic carbocycles. The van der Waals surface area contributed by atoms with E-state index in [1.54, 1.807) is 12.1 Å². The minimum absolute atomic E-state index is 0.0114. The van der Waals surface area contributed by atoms with Gasteiger partial charge in [-0.1, -0.05) is 23.2 Å². The molecular weight excluding hydrogens is 619 g/mol. The van der Waals surface area contributed by atoms with Crippen molar-refractivity contribution in [2.45, 2.75) is 6.04 Å². The lowest BCUT2D eigenvalue weighted by Crippen LogP contribution is -2.42. The minimum Gasteiger partial charge on any atom is -0.338 e. The van der Waals surface area contributed by atoms with Crippen LogP contribution in [0, 0.1) is 0 Å². The van der Waals surface area contributed by atoms with Gasteiger partial charge in [-0.2, -0.15) is 5.10 Å². The van der Waals surface area contributed by atoms with Crippen LogP contribution in [0.4, 0.5) is 5.69 Å². The SMILES string of the molecule is CN1OCC(NC(=O)c2cc(Cl)cc(Br)c2NC(=O)c2cc(Br)nn2-c2ncccc2Cl)C1=O. The summed E-state index contributed by atoms with van der Waals surface area (Å²) in [7, 11) is 1.45. The quantitative estimate of drug-likeness (QED) is 0.441. The molecule has 0 radical (unpaired) electrons. The fourth-order valence-corrected chi connectivity index (χ4v) is 4.63. The minimum atomic E-state index is -0.873. The van der Waals surface area contributed by atoms with E-state index >= 15 is 0 Å². The molecule has 1 unspecified atom stereocenters. The van der Waals surface area contributed by atoms with Crippen molar-refractivity contribution < 1.29 is 19.2 Å². The number of carbonyl (C=O) groups excluding carboxylic acids is 3. The van der Waals surface area contributed by atoms with Crippen LogP contribution < -0.4 is 10.6 Å². The maximum atomic E-state index is 13.3. The molecular formula is C20H14Br2Cl2N6O4. The van der Waals surface area contributed by atoms with Crippen LogP contribution in [0.1, 0.15) is 20.8 Å². The van der Waals surface area contributed by atoms with Crippen molar-refractivity contribution in [1.29, 1.82) is 0 Å². The van der Waals surface area contributed by atoms with E-state index in [2.05, 4.69) is 52.6 Å². The molecule has 0 saturated carbocycles. The first-order valence-corrected chi connectivity index (χ1v) is 11.9. The van der Waals surface area contributed by atoms with Gasteiger partial charge in [0, 0.05) is 28.8 Å². The number of pyridine rings is 1. The second-order valence-electron chi connectivity index (χ2n) is 6.99. The van der Waals surface area contributed by atoms with Gasteiger partial charge in [0.25, 0.3) is 17.7 Å². The summed E-state index contributed by atoms with van der Waals surface area (Å²) in [5, 5.41) is 11.1. The lowest BCUT2D eigenvalue weighted by molar-refractivity contribution is -0.154. The Balaban J connectivity index is 1.67. The van der Waals surface area contributed by atoms with E-state index in [4.69, 9.17) is 28.0 Å². The Bertz CT molecular complexity index is 1320. The standard InChI is InChI=1S/C20H14Br2Cl2N6O4/c1-29-20(33)13(8-34-29)26-18(31)10-5-9(23)6-11(21)16(10)27-19(32)14-7-15(22)28-30(14)17-12(24)3-2-4-25-17/h2-7,13H,8H2,1H3,(H,26,31)(H,27,32). The summed E-state index contributed by atoms with van der Waals surface area (Å²) in [4.78, 5) is 47.7. The molecule has 3 amide bonds. The highest BCUT2D eigenvalue weighted by Gasteiger charge is 2.33. The van der Waals surface area contributed by atoms with Gasteiger partial charge in [0.1, 0.15) is 22.9 Å². The van der Waals surface area contributed by atoms with Gasteiger partial charge in [-0.25, -0.2) is 14.7 Å². The largest absolute Gasteiger partial charge is 0.338 e. The zero-order valence-electron chi connectivity index (χ0n) is 17.2. The smallest absolute Gasteiger partial charge is 0.274 e. The highest BCUT2D eigenvalue weighted by atomic mass is 79.9. The number of hydrogen-bond donors (Lipinski definition) is 2. The average molecular weight is 633 g/mol. The summed E-state index contributed by atoms with van der Waals surface area (Å²) in [5.41, 5.74) is 0.278. The van der Waals surface area contributed by atoms with Crippen molar-refractivity contribution in [3.63, 3.8) is 0 Å². The normalized spacial score (nSPS) is 15.5. The van der Waals surface area contributed by atoms with E-state index in [1.807, 2.05) is 0 Å². The number of likely N-dealkylation sites (N-methyl/N-ethyl adjacent to an activating group) is 1. The molecule has 1 saturated heterocycles. The fourth-order valence-electron chi connectivity index (χ4n) is 3.15. The number of amides is 3. The number of carbonyl (C=O) groups is 3.